The maximum atomic E-state index is 13.0. The number of benzene rings is 1. The Morgan fingerprint density at radius 1 is 1.13 bits per heavy atom. The summed E-state index contributed by atoms with van der Waals surface area (Å²) in [5.41, 5.74) is 1.03. The number of carboxylic acid groups (broad SMARTS) is 1. The van der Waals surface area contributed by atoms with Gasteiger partial charge in [0, 0.05) is 19.7 Å². The second-order valence-corrected chi connectivity index (χ2v) is 6.41. The first-order valence-corrected chi connectivity index (χ1v) is 8.35. The number of likely N-dealkylation sites (tertiary alicyclic amines) is 1. The number of aliphatic carboxylic acids is 1. The number of hydrogen-bond acceptors (Lipinski definition) is 3. The molecule has 0 radical (unpaired) electrons. The molecule has 2 saturated heterocycles. The topological polar surface area (TPSA) is 66.8 Å². The van der Waals surface area contributed by atoms with Gasteiger partial charge in [0.1, 0.15) is 0 Å². The molecule has 0 spiro atoms. The number of carboxylic acids is 1. The van der Waals surface area contributed by atoms with Gasteiger partial charge >= 0.3 is 5.97 Å². The van der Waals surface area contributed by atoms with Gasteiger partial charge in [-0.3, -0.25) is 9.59 Å². The van der Waals surface area contributed by atoms with Crippen LogP contribution in [-0.2, 0) is 14.3 Å². The van der Waals surface area contributed by atoms with Crippen LogP contribution >= 0.6 is 0 Å². The summed E-state index contributed by atoms with van der Waals surface area (Å²) >= 11 is 0. The van der Waals surface area contributed by atoms with E-state index in [-0.39, 0.29) is 17.9 Å². The Morgan fingerprint density at radius 2 is 1.91 bits per heavy atom. The fourth-order valence-electron chi connectivity index (χ4n) is 3.62. The predicted molar refractivity (Wildman–Crippen MR) is 84.8 cm³/mol. The zero-order valence-corrected chi connectivity index (χ0v) is 13.2. The monoisotopic (exact) mass is 317 g/mol. The van der Waals surface area contributed by atoms with Gasteiger partial charge in [-0.2, -0.15) is 0 Å². The van der Waals surface area contributed by atoms with Gasteiger partial charge in [0.05, 0.1) is 17.9 Å². The highest BCUT2D eigenvalue weighted by atomic mass is 16.5. The molecule has 23 heavy (non-hydrogen) atoms. The average Bonchev–Trinajstić information content (AvgIpc) is 2.62. The van der Waals surface area contributed by atoms with Crippen molar-refractivity contribution < 1.29 is 19.4 Å². The number of ether oxygens (including phenoxy) is 1. The molecule has 1 aromatic rings. The zero-order chi connectivity index (χ0) is 16.2. The van der Waals surface area contributed by atoms with Crippen molar-refractivity contribution in [3.05, 3.63) is 35.9 Å². The fourth-order valence-corrected chi connectivity index (χ4v) is 3.62. The lowest BCUT2D eigenvalue weighted by molar-refractivity contribution is -0.151. The van der Waals surface area contributed by atoms with Crippen LogP contribution in [0.4, 0.5) is 0 Å². The lowest BCUT2D eigenvalue weighted by Gasteiger charge is -2.37. The van der Waals surface area contributed by atoms with E-state index >= 15 is 0 Å². The lowest BCUT2D eigenvalue weighted by atomic mass is 9.87. The number of carbonyl (C=O) groups excluding carboxylic acids is 1. The Hall–Kier alpha value is -1.88. The lowest BCUT2D eigenvalue weighted by Crippen LogP contribution is -2.47. The first-order chi connectivity index (χ1) is 11.2. The molecule has 0 saturated carbocycles. The predicted octanol–water partition coefficient (Wildman–Crippen LogP) is 2.48. The van der Waals surface area contributed by atoms with Crippen LogP contribution in [-0.4, -0.2) is 41.6 Å². The molecule has 3 unspecified atom stereocenters. The van der Waals surface area contributed by atoms with E-state index in [0.717, 1.165) is 24.8 Å². The van der Waals surface area contributed by atoms with E-state index in [1.54, 1.807) is 4.90 Å². The summed E-state index contributed by atoms with van der Waals surface area (Å²) in [7, 11) is 0. The maximum Gasteiger partial charge on any atom is 0.308 e. The van der Waals surface area contributed by atoms with Crippen LogP contribution in [0.25, 0.3) is 0 Å². The summed E-state index contributed by atoms with van der Waals surface area (Å²) in [4.78, 5) is 25.9. The molecule has 1 N–H and O–H groups in total. The van der Waals surface area contributed by atoms with Crippen LogP contribution in [0.1, 0.15) is 37.4 Å². The van der Waals surface area contributed by atoms with E-state index in [9.17, 15) is 14.7 Å². The Labute approximate surface area is 136 Å². The molecule has 2 heterocycles. The molecular weight excluding hydrogens is 294 g/mol. The van der Waals surface area contributed by atoms with Crippen LogP contribution in [0, 0.1) is 11.8 Å². The minimum atomic E-state index is -0.804. The smallest absolute Gasteiger partial charge is 0.308 e. The first-order valence-electron chi connectivity index (χ1n) is 8.35. The third-order valence-corrected chi connectivity index (χ3v) is 4.85. The summed E-state index contributed by atoms with van der Waals surface area (Å²) in [5, 5.41) is 9.22. The molecule has 0 bridgehead atoms. The number of carbonyl (C=O) groups is 2. The van der Waals surface area contributed by atoms with Crippen molar-refractivity contribution in [1.82, 2.24) is 4.90 Å². The second-order valence-electron chi connectivity index (χ2n) is 6.41. The Bertz CT molecular complexity index is 559. The van der Waals surface area contributed by atoms with Crippen molar-refractivity contribution in [2.24, 2.45) is 11.8 Å². The van der Waals surface area contributed by atoms with Crippen LogP contribution in [0.5, 0.6) is 0 Å². The van der Waals surface area contributed by atoms with Gasteiger partial charge in [0.15, 0.2) is 0 Å². The molecule has 0 aliphatic carbocycles. The molecule has 1 aromatic carbocycles. The van der Waals surface area contributed by atoms with E-state index in [0.29, 0.717) is 26.1 Å². The number of hydrogen-bond donors (Lipinski definition) is 1. The highest BCUT2D eigenvalue weighted by molar-refractivity contribution is 5.81. The molecule has 124 valence electrons. The third kappa shape index (κ3) is 3.55. The normalized spacial score (nSPS) is 28.3. The SMILES string of the molecule is O=C(O)C1CCCN(C(=O)C2CCCOC2c2ccccc2)C1. The van der Waals surface area contributed by atoms with Crippen LogP contribution in [0.15, 0.2) is 30.3 Å². The second kappa shape index (κ2) is 7.13. The summed E-state index contributed by atoms with van der Waals surface area (Å²) in [6.07, 6.45) is 2.86. The van der Waals surface area contributed by atoms with Crippen molar-refractivity contribution in [2.45, 2.75) is 31.8 Å². The quantitative estimate of drug-likeness (QED) is 0.930. The van der Waals surface area contributed by atoms with Crippen molar-refractivity contribution in [3.8, 4) is 0 Å². The Balaban J connectivity index is 1.75. The van der Waals surface area contributed by atoms with E-state index in [1.807, 2.05) is 30.3 Å². The van der Waals surface area contributed by atoms with E-state index in [1.165, 1.54) is 0 Å². The molecule has 1 amide bonds. The zero-order valence-electron chi connectivity index (χ0n) is 13.2. The summed E-state index contributed by atoms with van der Waals surface area (Å²) in [5.74, 6) is -1.41. The van der Waals surface area contributed by atoms with E-state index in [2.05, 4.69) is 0 Å². The van der Waals surface area contributed by atoms with Gasteiger partial charge in [-0.15, -0.1) is 0 Å². The third-order valence-electron chi connectivity index (χ3n) is 4.85. The molecule has 3 atom stereocenters. The largest absolute Gasteiger partial charge is 0.481 e. The molecule has 0 aromatic heterocycles. The van der Waals surface area contributed by atoms with Crippen LogP contribution in [0.2, 0.25) is 0 Å². The summed E-state index contributed by atoms with van der Waals surface area (Å²) in [6, 6.07) is 9.84. The maximum absolute atomic E-state index is 13.0. The van der Waals surface area contributed by atoms with Gasteiger partial charge in [-0.05, 0) is 31.2 Å². The van der Waals surface area contributed by atoms with Crippen molar-refractivity contribution >= 4 is 11.9 Å². The van der Waals surface area contributed by atoms with E-state index in [4.69, 9.17) is 4.74 Å². The molecule has 5 nitrogen and oxygen atoms in total. The molecule has 2 aliphatic rings. The Kier molecular flexibility index (Phi) is 4.96. The number of rotatable bonds is 3. The van der Waals surface area contributed by atoms with Crippen molar-refractivity contribution in [1.29, 1.82) is 0 Å². The van der Waals surface area contributed by atoms with Gasteiger partial charge in [-0.1, -0.05) is 30.3 Å². The Morgan fingerprint density at radius 3 is 2.65 bits per heavy atom. The highest BCUT2D eigenvalue weighted by Crippen LogP contribution is 2.35. The van der Waals surface area contributed by atoms with Gasteiger partial charge in [-0.25, -0.2) is 0 Å². The molecule has 2 fully saturated rings. The minimum Gasteiger partial charge on any atom is -0.481 e. The molecule has 3 rings (SSSR count). The van der Waals surface area contributed by atoms with E-state index < -0.39 is 11.9 Å². The minimum absolute atomic E-state index is 0.0458. The molecule has 5 heteroatoms. The van der Waals surface area contributed by atoms with Gasteiger partial charge in [0.2, 0.25) is 5.91 Å². The highest BCUT2D eigenvalue weighted by Gasteiger charge is 2.38. The average molecular weight is 317 g/mol. The molecular formula is C18H23NO4. The number of nitrogens with zero attached hydrogens (tertiary/aromatic N) is 1. The summed E-state index contributed by atoms with van der Waals surface area (Å²) in [6.45, 7) is 1.65. The van der Waals surface area contributed by atoms with Crippen LogP contribution < -0.4 is 0 Å². The molecule has 2 aliphatic heterocycles. The number of piperidine rings is 1. The van der Waals surface area contributed by atoms with Crippen molar-refractivity contribution in [3.63, 3.8) is 0 Å². The number of amides is 1. The first kappa shape index (κ1) is 16.0. The van der Waals surface area contributed by atoms with Gasteiger partial charge < -0.3 is 14.7 Å². The van der Waals surface area contributed by atoms with Gasteiger partial charge in [0.25, 0.3) is 0 Å². The van der Waals surface area contributed by atoms with Crippen molar-refractivity contribution in [2.75, 3.05) is 19.7 Å². The summed E-state index contributed by atoms with van der Waals surface area (Å²) < 4.78 is 5.90. The van der Waals surface area contributed by atoms with Crippen LogP contribution in [0.3, 0.4) is 0 Å². The standard InChI is InChI=1S/C18H23NO4/c20-17(19-10-4-8-14(12-19)18(21)22)15-9-5-11-23-16(15)13-6-2-1-3-7-13/h1-3,6-7,14-16H,4-5,8-12H2,(H,21,22). The fraction of sp³-hybridized carbons (Fsp3) is 0.556.